The molecule has 0 aromatic carbocycles. The van der Waals surface area contributed by atoms with Crippen molar-refractivity contribution in [2.75, 3.05) is 39.3 Å². The zero-order valence-electron chi connectivity index (χ0n) is 44.5. The number of nitrogens with zero attached hydrogens (tertiary/aromatic N) is 9. The summed E-state index contributed by atoms with van der Waals surface area (Å²) in [5.74, 6) is 1.73. The molecule has 8 rings (SSSR count). The SMILES string of the molecule is CC(C)(C)OC(=O)C[C@@H]1CC[C@H](c2nnc([C@@H]3CC[C@@H]4CN3C(=O)N4OS(=O)(=O)[O-])o2)C1.CCCC[N+](CCCC)(CCCC)CCCC.N[C@@H]1CC[C@H](c2nnc([C@@H]3CC[C@@H]4CN3C(=O)N4OS(=O)(=O)O)o2)C1. The maximum Gasteiger partial charge on any atom is 0.418 e. The number of unbranched alkanes of at least 4 members (excludes halogenated alkanes) is 4. The largest absolute Gasteiger partial charge is 0.724 e. The lowest BCUT2D eigenvalue weighted by Crippen LogP contribution is -2.50. The van der Waals surface area contributed by atoms with Crippen LogP contribution in [-0.2, 0) is 38.9 Å². The number of ether oxygens (including phenoxy) is 1. The first-order valence-electron chi connectivity index (χ1n) is 27.0. The minimum absolute atomic E-state index is 0.0275. The molecule has 6 fully saturated rings. The molecule has 6 heterocycles. The van der Waals surface area contributed by atoms with Gasteiger partial charge in [0, 0.05) is 37.4 Å². The highest BCUT2D eigenvalue weighted by Crippen LogP contribution is 2.43. The van der Waals surface area contributed by atoms with Crippen LogP contribution in [0.5, 0.6) is 0 Å². The van der Waals surface area contributed by atoms with Crippen molar-refractivity contribution in [3.63, 3.8) is 0 Å². The lowest BCUT2D eigenvalue weighted by molar-refractivity contribution is -0.929. The van der Waals surface area contributed by atoms with Crippen molar-refractivity contribution in [1.82, 2.24) is 40.3 Å². The van der Waals surface area contributed by atoms with Crippen LogP contribution in [0, 0.1) is 5.92 Å². The van der Waals surface area contributed by atoms with Gasteiger partial charge in [0.2, 0.25) is 34.0 Å². The zero-order valence-corrected chi connectivity index (χ0v) is 46.1. The van der Waals surface area contributed by atoms with Gasteiger partial charge in [-0.15, -0.1) is 24.7 Å². The molecule has 2 saturated carbocycles. The Morgan fingerprint density at radius 3 is 1.51 bits per heavy atom. The number of nitrogens with two attached hydrogens (primary N) is 1. The van der Waals surface area contributed by atoms with Gasteiger partial charge in [-0.3, -0.25) is 9.35 Å². The second-order valence-electron chi connectivity index (χ2n) is 22.0. The minimum Gasteiger partial charge on any atom is -0.724 e. The van der Waals surface area contributed by atoms with Crippen molar-refractivity contribution >= 4 is 38.8 Å². The highest BCUT2D eigenvalue weighted by molar-refractivity contribution is 7.81. The van der Waals surface area contributed by atoms with Crippen molar-refractivity contribution in [3.8, 4) is 0 Å². The van der Waals surface area contributed by atoms with Crippen LogP contribution in [0.15, 0.2) is 8.83 Å². The van der Waals surface area contributed by atoms with Crippen molar-refractivity contribution in [1.29, 1.82) is 0 Å². The molecular weight excluding hydrogens is 1000 g/mol. The van der Waals surface area contributed by atoms with Gasteiger partial charge in [-0.25, -0.2) is 18.0 Å². The lowest BCUT2D eigenvalue weighted by atomic mass is 10.0. The second-order valence-corrected chi connectivity index (χ2v) is 24.0. The Balaban J connectivity index is 0.000000190. The number of hydrogen-bond acceptors (Lipinski definition) is 18. The third-order valence-electron chi connectivity index (χ3n) is 15.0. The van der Waals surface area contributed by atoms with Gasteiger partial charge < -0.3 is 38.1 Å². The van der Waals surface area contributed by atoms with E-state index in [0.29, 0.717) is 59.9 Å². The quantitative estimate of drug-likeness (QED) is 0.0503. The first-order chi connectivity index (χ1) is 35.0. The summed E-state index contributed by atoms with van der Waals surface area (Å²) in [6.07, 6.45) is 18.4. The van der Waals surface area contributed by atoms with Crippen LogP contribution in [0.2, 0.25) is 0 Å². The van der Waals surface area contributed by atoms with Gasteiger partial charge in [-0.2, -0.15) is 22.8 Å². The summed E-state index contributed by atoms with van der Waals surface area (Å²) in [5, 5.41) is 17.8. The van der Waals surface area contributed by atoms with E-state index < -0.39 is 62.6 Å². The molecule has 4 saturated heterocycles. The Bertz CT molecular complexity index is 2340. The fraction of sp³-hybridized carbons (Fsp3) is 0.854. The lowest BCUT2D eigenvalue weighted by Gasteiger charge is -2.39. The van der Waals surface area contributed by atoms with Crippen molar-refractivity contribution < 1.29 is 66.9 Å². The summed E-state index contributed by atoms with van der Waals surface area (Å²) < 4.78 is 90.7. The zero-order chi connectivity index (χ0) is 54.0. The molecule has 26 heteroatoms. The molecule has 24 nitrogen and oxygen atoms in total. The summed E-state index contributed by atoms with van der Waals surface area (Å²) in [7, 11) is -9.81. The Morgan fingerprint density at radius 2 is 1.11 bits per heavy atom. The van der Waals surface area contributed by atoms with E-state index in [4.69, 9.17) is 23.9 Å². The van der Waals surface area contributed by atoms with E-state index in [2.05, 4.69) is 56.7 Å². The van der Waals surface area contributed by atoms with Gasteiger partial charge in [-0.05, 0) is 117 Å². The molecule has 4 bridgehead atoms. The van der Waals surface area contributed by atoms with E-state index >= 15 is 0 Å². The van der Waals surface area contributed by atoms with Crippen molar-refractivity contribution in [2.24, 2.45) is 11.7 Å². The molecule has 0 radical (unpaired) electrons. The number of quaternary nitrogens is 1. The number of piperidine rings is 2. The van der Waals surface area contributed by atoms with Crippen LogP contribution >= 0.6 is 0 Å². The first kappa shape index (κ1) is 59.2. The van der Waals surface area contributed by atoms with Crippen LogP contribution in [0.1, 0.15) is 218 Å². The number of hydroxylamine groups is 4. The molecule has 4 aliphatic heterocycles. The van der Waals surface area contributed by atoms with E-state index in [9.17, 15) is 35.8 Å². The Labute approximate surface area is 437 Å². The third-order valence-corrected chi connectivity index (χ3v) is 15.7. The first-order valence-corrected chi connectivity index (χ1v) is 29.7. The number of rotatable bonds is 22. The number of carbonyl (C=O) groups excluding carboxylic acids is 3. The van der Waals surface area contributed by atoms with E-state index in [1.165, 1.54) is 91.8 Å². The number of aromatic nitrogens is 4. The molecule has 2 aromatic heterocycles. The maximum atomic E-state index is 12.5. The fourth-order valence-electron chi connectivity index (χ4n) is 11.3. The average Bonchev–Trinajstić information content (AvgIpc) is 4.22. The highest BCUT2D eigenvalue weighted by Gasteiger charge is 2.50. The molecule has 3 N–H and O–H groups in total. The van der Waals surface area contributed by atoms with E-state index in [1.807, 2.05) is 20.8 Å². The summed E-state index contributed by atoms with van der Waals surface area (Å²) >= 11 is 0. The summed E-state index contributed by atoms with van der Waals surface area (Å²) in [6, 6.07) is -3.13. The van der Waals surface area contributed by atoms with Crippen molar-refractivity contribution in [3.05, 3.63) is 23.6 Å². The Kier molecular flexibility index (Phi) is 20.7. The molecule has 0 unspecified atom stereocenters. The number of urea groups is 2. The number of hydrogen-bond donors (Lipinski definition) is 2. The Morgan fingerprint density at radius 1 is 0.676 bits per heavy atom. The van der Waals surface area contributed by atoms with Gasteiger partial charge in [0.15, 0.2) is 0 Å². The number of carbonyl (C=O) groups is 3. The molecule has 4 amide bonds. The summed E-state index contributed by atoms with van der Waals surface area (Å²) in [6.45, 7) is 21.0. The molecule has 420 valence electrons. The van der Waals surface area contributed by atoms with Crippen LogP contribution in [0.3, 0.4) is 0 Å². The van der Waals surface area contributed by atoms with E-state index in [0.717, 1.165) is 38.5 Å². The van der Waals surface area contributed by atoms with Crippen LogP contribution in [0.4, 0.5) is 9.59 Å². The molecular formula is C48H82N10O14S2. The van der Waals surface area contributed by atoms with Crippen LogP contribution in [0.25, 0.3) is 0 Å². The maximum absolute atomic E-state index is 12.5. The average molecular weight is 1090 g/mol. The highest BCUT2D eigenvalue weighted by atomic mass is 32.3. The van der Waals surface area contributed by atoms with Gasteiger partial charge >= 0.3 is 28.4 Å². The van der Waals surface area contributed by atoms with Gasteiger partial charge in [0.1, 0.15) is 17.7 Å². The predicted molar refractivity (Wildman–Crippen MR) is 266 cm³/mol. The molecule has 8 atom stereocenters. The summed E-state index contributed by atoms with van der Waals surface area (Å²) in [5.41, 5.74) is 5.40. The molecule has 2 aromatic rings. The molecule has 0 spiro atoms. The van der Waals surface area contributed by atoms with E-state index in [1.54, 1.807) is 0 Å². The van der Waals surface area contributed by atoms with Crippen LogP contribution in [-0.4, -0.2) is 152 Å². The second kappa shape index (κ2) is 25.9. The smallest absolute Gasteiger partial charge is 0.418 e. The standard InChI is InChI=1S/C19H28N4O8S.C16H36N.C13H19N5O6S/c1-19(2,3)30-15(24)9-11-4-5-12(8-11)16-20-21-17(29-16)14-7-6-13-10-22(14)18(25)23(13)31-32(26,27)28;1-5-9-13-17(14-10-6-2,15-11-7-3)16-12-8-4;14-8-2-1-7(5-8)11-15-16-12(23-11)10-4-3-9-6-17(10)13(19)18(9)24-25(20,21)22/h11-14H,4-10H2,1-3H3,(H,26,27,28);5-16H2,1-4H3;7-10H,1-6,14H2,(H,20,21,22)/q;+1;/p-1/t11-,12+,13-,14+;;7-,8+,9+,10-/m1.0/s1. The van der Waals surface area contributed by atoms with Gasteiger partial charge in [0.25, 0.3) is 0 Å². The number of fused-ring (bicyclic) bond motifs is 4. The monoisotopic (exact) mass is 1090 g/mol. The van der Waals surface area contributed by atoms with Crippen LogP contribution < -0.4 is 5.73 Å². The van der Waals surface area contributed by atoms with Gasteiger partial charge in [-0.1, -0.05) is 53.4 Å². The van der Waals surface area contributed by atoms with E-state index in [-0.39, 0.29) is 48.7 Å². The Hall–Kier alpha value is -4.05. The topological polar surface area (TPSA) is 307 Å². The normalized spacial score (nSPS) is 26.1. The van der Waals surface area contributed by atoms with Gasteiger partial charge in [0.05, 0.1) is 38.3 Å². The third kappa shape index (κ3) is 16.2. The summed E-state index contributed by atoms with van der Waals surface area (Å²) in [4.78, 5) is 39.9. The molecule has 6 aliphatic rings. The number of esters is 1. The minimum atomic E-state index is -5.05. The fourth-order valence-corrected chi connectivity index (χ4v) is 12.0. The predicted octanol–water partition coefficient (Wildman–Crippen LogP) is 7.36. The molecule has 2 aliphatic carbocycles. The number of amides is 4. The van der Waals surface area contributed by atoms with Crippen molar-refractivity contribution in [2.45, 2.75) is 218 Å². The molecule has 74 heavy (non-hydrogen) atoms.